The average molecular weight is 259 g/mol. The molecule has 0 aromatic rings. The third-order valence-corrected chi connectivity index (χ3v) is 2.93. The number of ether oxygens (including phenoxy) is 2. The Morgan fingerprint density at radius 2 is 1.83 bits per heavy atom. The van der Waals surface area contributed by atoms with Crippen molar-refractivity contribution in [1.29, 1.82) is 0 Å². The molecule has 0 amide bonds. The van der Waals surface area contributed by atoms with Gasteiger partial charge in [0.25, 0.3) is 0 Å². The molecule has 0 unspecified atom stereocenters. The minimum absolute atomic E-state index is 0.196. The van der Waals surface area contributed by atoms with Crippen molar-refractivity contribution < 1.29 is 19.1 Å². The summed E-state index contributed by atoms with van der Waals surface area (Å²) in [6.07, 6.45) is 2.98. The van der Waals surface area contributed by atoms with Crippen LogP contribution in [0.1, 0.15) is 39.5 Å². The number of nitrogens with one attached hydrogen (secondary N) is 1. The number of carbonyl (C=O) groups is 2. The fourth-order valence-electron chi connectivity index (χ4n) is 1.85. The molecule has 0 aliphatic carbocycles. The zero-order chi connectivity index (χ0) is 14.0. The highest BCUT2D eigenvalue weighted by Crippen LogP contribution is 2.11. The lowest BCUT2D eigenvalue weighted by Crippen LogP contribution is -2.40. The molecule has 0 saturated heterocycles. The molecular formula is C13H25NO4. The molecule has 0 rings (SSSR count). The maximum atomic E-state index is 11.4. The second-order valence-corrected chi connectivity index (χ2v) is 4.33. The number of rotatable bonds is 9. The molecule has 18 heavy (non-hydrogen) atoms. The van der Waals surface area contributed by atoms with Gasteiger partial charge in [0.05, 0.1) is 14.2 Å². The third-order valence-electron chi connectivity index (χ3n) is 2.93. The molecule has 0 fully saturated rings. The summed E-state index contributed by atoms with van der Waals surface area (Å²) in [5.74, 6) is -0.270. The van der Waals surface area contributed by atoms with Gasteiger partial charge in [-0.05, 0) is 25.3 Å². The van der Waals surface area contributed by atoms with E-state index in [1.807, 2.05) is 6.92 Å². The van der Waals surface area contributed by atoms with Crippen molar-refractivity contribution >= 4 is 11.9 Å². The lowest BCUT2D eigenvalue weighted by Gasteiger charge is -2.19. The molecule has 0 aliphatic heterocycles. The van der Waals surface area contributed by atoms with Gasteiger partial charge in [0, 0.05) is 6.42 Å². The van der Waals surface area contributed by atoms with Crippen molar-refractivity contribution in [3.8, 4) is 0 Å². The van der Waals surface area contributed by atoms with E-state index >= 15 is 0 Å². The van der Waals surface area contributed by atoms with Gasteiger partial charge in [-0.15, -0.1) is 0 Å². The first kappa shape index (κ1) is 16.9. The lowest BCUT2D eigenvalue weighted by atomic mass is 9.99. The first-order valence-electron chi connectivity index (χ1n) is 6.46. The summed E-state index contributed by atoms with van der Waals surface area (Å²) >= 11 is 0. The molecule has 1 N–H and O–H groups in total. The van der Waals surface area contributed by atoms with Crippen LogP contribution >= 0.6 is 0 Å². The second-order valence-electron chi connectivity index (χ2n) is 4.33. The van der Waals surface area contributed by atoms with Gasteiger partial charge in [0.15, 0.2) is 0 Å². The third kappa shape index (κ3) is 6.59. The fourth-order valence-corrected chi connectivity index (χ4v) is 1.85. The maximum Gasteiger partial charge on any atom is 0.322 e. The molecule has 5 heteroatoms. The predicted octanol–water partition coefficient (Wildman–Crippen LogP) is 1.51. The largest absolute Gasteiger partial charge is 0.469 e. The summed E-state index contributed by atoms with van der Waals surface area (Å²) in [7, 11) is 2.77. The summed E-state index contributed by atoms with van der Waals surface area (Å²) in [4.78, 5) is 22.7. The van der Waals surface area contributed by atoms with Crippen LogP contribution < -0.4 is 5.32 Å². The Bertz CT molecular complexity index is 255. The summed E-state index contributed by atoms with van der Waals surface area (Å²) in [6, 6.07) is -0.299. The van der Waals surface area contributed by atoms with E-state index in [1.54, 1.807) is 0 Å². The topological polar surface area (TPSA) is 64.6 Å². The van der Waals surface area contributed by atoms with Crippen LogP contribution in [0.3, 0.4) is 0 Å². The van der Waals surface area contributed by atoms with E-state index in [4.69, 9.17) is 4.74 Å². The molecule has 0 saturated carbocycles. The highest BCUT2D eigenvalue weighted by molar-refractivity contribution is 5.75. The monoisotopic (exact) mass is 259 g/mol. The van der Waals surface area contributed by atoms with Gasteiger partial charge in [0.2, 0.25) is 0 Å². The molecule has 0 bridgehead atoms. The number of methoxy groups -OCH3 is 2. The minimum Gasteiger partial charge on any atom is -0.469 e. The normalized spacial score (nSPS) is 13.8. The molecule has 0 heterocycles. The Labute approximate surface area is 109 Å². The van der Waals surface area contributed by atoms with Crippen molar-refractivity contribution in [3.05, 3.63) is 0 Å². The smallest absolute Gasteiger partial charge is 0.322 e. The number of hydrogen-bond donors (Lipinski definition) is 1. The average Bonchev–Trinajstić information content (AvgIpc) is 2.38. The Morgan fingerprint density at radius 1 is 1.17 bits per heavy atom. The van der Waals surface area contributed by atoms with Gasteiger partial charge >= 0.3 is 11.9 Å². The number of esters is 2. The van der Waals surface area contributed by atoms with Crippen molar-refractivity contribution in [3.63, 3.8) is 0 Å². The molecule has 106 valence electrons. The van der Waals surface area contributed by atoms with E-state index in [1.165, 1.54) is 14.2 Å². The van der Waals surface area contributed by atoms with Crippen LogP contribution in [0.5, 0.6) is 0 Å². The number of carbonyl (C=O) groups excluding carboxylic acids is 2. The van der Waals surface area contributed by atoms with Gasteiger partial charge in [-0.2, -0.15) is 0 Å². The molecule has 0 aromatic carbocycles. The van der Waals surface area contributed by atoms with E-state index in [-0.39, 0.29) is 23.9 Å². The van der Waals surface area contributed by atoms with Crippen LogP contribution in [0.2, 0.25) is 0 Å². The van der Waals surface area contributed by atoms with Crippen LogP contribution in [-0.2, 0) is 19.1 Å². The standard InChI is InChI=1S/C13H25NO4/c1-5-7-10(8-12(15)17-3)9-14-11(6-2)13(16)18-4/h10-11,14H,5-9H2,1-4H3/t10-,11+/m1/s1. The lowest BCUT2D eigenvalue weighted by molar-refractivity contribution is -0.143. The van der Waals surface area contributed by atoms with Gasteiger partial charge < -0.3 is 14.8 Å². The molecule has 0 aromatic heterocycles. The van der Waals surface area contributed by atoms with E-state index < -0.39 is 0 Å². The molecule has 2 atom stereocenters. The summed E-state index contributed by atoms with van der Waals surface area (Å²) in [5, 5.41) is 3.15. The molecule has 0 aliphatic rings. The Balaban J connectivity index is 4.23. The van der Waals surface area contributed by atoms with Crippen LogP contribution in [-0.4, -0.2) is 38.7 Å². The summed E-state index contributed by atoms with van der Waals surface area (Å²) < 4.78 is 9.38. The quantitative estimate of drug-likeness (QED) is 0.636. The van der Waals surface area contributed by atoms with Crippen LogP contribution in [0.4, 0.5) is 0 Å². The van der Waals surface area contributed by atoms with Gasteiger partial charge in [-0.25, -0.2) is 0 Å². The summed E-state index contributed by atoms with van der Waals surface area (Å²) in [6.45, 7) is 4.61. The molecule has 0 spiro atoms. The van der Waals surface area contributed by atoms with Crippen molar-refractivity contribution in [1.82, 2.24) is 5.32 Å². The SMILES string of the molecule is CCC[C@@H](CN[C@@H](CC)C(=O)OC)CC(=O)OC. The minimum atomic E-state index is -0.299. The van der Waals surface area contributed by atoms with E-state index in [9.17, 15) is 9.59 Å². The van der Waals surface area contributed by atoms with Crippen LogP contribution in [0.25, 0.3) is 0 Å². The van der Waals surface area contributed by atoms with Gasteiger partial charge in [-0.1, -0.05) is 20.3 Å². The summed E-state index contributed by atoms with van der Waals surface area (Å²) in [5.41, 5.74) is 0. The first-order valence-corrected chi connectivity index (χ1v) is 6.46. The molecule has 5 nitrogen and oxygen atoms in total. The zero-order valence-corrected chi connectivity index (χ0v) is 11.8. The Hall–Kier alpha value is -1.10. The Kier molecular flexibility index (Phi) is 9.28. The zero-order valence-electron chi connectivity index (χ0n) is 11.8. The predicted molar refractivity (Wildman–Crippen MR) is 69.1 cm³/mol. The fraction of sp³-hybridized carbons (Fsp3) is 0.846. The van der Waals surface area contributed by atoms with Gasteiger partial charge in [0.1, 0.15) is 6.04 Å². The van der Waals surface area contributed by atoms with Crippen LogP contribution in [0, 0.1) is 5.92 Å². The molecular weight excluding hydrogens is 234 g/mol. The molecule has 0 radical (unpaired) electrons. The Morgan fingerprint density at radius 3 is 2.28 bits per heavy atom. The number of hydrogen-bond acceptors (Lipinski definition) is 5. The van der Waals surface area contributed by atoms with Crippen molar-refractivity contribution in [2.24, 2.45) is 5.92 Å². The maximum absolute atomic E-state index is 11.4. The highest BCUT2D eigenvalue weighted by Gasteiger charge is 2.19. The van der Waals surface area contributed by atoms with Crippen LogP contribution in [0.15, 0.2) is 0 Å². The van der Waals surface area contributed by atoms with E-state index in [0.717, 1.165) is 12.8 Å². The second kappa shape index (κ2) is 9.88. The van der Waals surface area contributed by atoms with E-state index in [2.05, 4.69) is 17.0 Å². The highest BCUT2D eigenvalue weighted by atomic mass is 16.5. The first-order chi connectivity index (χ1) is 8.58. The van der Waals surface area contributed by atoms with Crippen molar-refractivity contribution in [2.45, 2.75) is 45.6 Å². The van der Waals surface area contributed by atoms with Crippen molar-refractivity contribution in [2.75, 3.05) is 20.8 Å². The van der Waals surface area contributed by atoms with Gasteiger partial charge in [-0.3, -0.25) is 9.59 Å². The van der Waals surface area contributed by atoms with E-state index in [0.29, 0.717) is 19.4 Å².